The van der Waals surface area contributed by atoms with Crippen LogP contribution in [0.15, 0.2) is 188 Å². The Balaban J connectivity index is 0.00000212. The summed E-state index contributed by atoms with van der Waals surface area (Å²) in [5.74, 6) is 0.820. The number of rotatable bonds is 9. The minimum atomic E-state index is 0.820. The molecule has 244 valence electrons. The maximum absolute atomic E-state index is 6.00. The summed E-state index contributed by atoms with van der Waals surface area (Å²) >= 11 is 0. The van der Waals surface area contributed by atoms with E-state index in [0.717, 1.165) is 50.5 Å². The van der Waals surface area contributed by atoms with Crippen molar-refractivity contribution in [2.24, 2.45) is 0 Å². The molecule has 0 aliphatic carbocycles. The first-order chi connectivity index (χ1) is 24.6. The van der Waals surface area contributed by atoms with Gasteiger partial charge in [0.1, 0.15) is 11.3 Å². The molecular weight excluding hydrogens is 607 g/mol. The van der Waals surface area contributed by atoms with Crippen LogP contribution in [0.2, 0.25) is 0 Å². The number of nitrogens with zero attached hydrogens (tertiary/aromatic N) is 1. The first kappa shape index (κ1) is 33.5. The number of anilines is 3. The molecule has 50 heavy (non-hydrogen) atoms. The first-order valence-corrected chi connectivity index (χ1v) is 16.8. The summed E-state index contributed by atoms with van der Waals surface area (Å²) in [6.45, 7) is 17.9. The highest BCUT2D eigenvalue weighted by molar-refractivity contribution is 5.92. The van der Waals surface area contributed by atoms with Crippen LogP contribution in [0, 0.1) is 6.92 Å². The number of hydrogen-bond donors (Lipinski definition) is 0. The maximum Gasteiger partial charge on any atom is 0.135 e. The van der Waals surface area contributed by atoms with Gasteiger partial charge in [-0.2, -0.15) is 0 Å². The number of allylic oxidation sites excluding steroid dienone is 5. The van der Waals surface area contributed by atoms with Crippen LogP contribution in [0.25, 0.3) is 55.6 Å². The van der Waals surface area contributed by atoms with Gasteiger partial charge in [-0.05, 0) is 119 Å². The molecule has 0 atom stereocenters. The molecule has 0 saturated heterocycles. The van der Waals surface area contributed by atoms with Gasteiger partial charge in [-0.1, -0.05) is 116 Å². The van der Waals surface area contributed by atoms with E-state index < -0.39 is 0 Å². The molecule has 0 unspecified atom stereocenters. The van der Waals surface area contributed by atoms with Crippen molar-refractivity contribution in [1.29, 1.82) is 0 Å². The Bertz CT molecular complexity index is 2370. The Morgan fingerprint density at radius 3 is 2.02 bits per heavy atom. The van der Waals surface area contributed by atoms with Crippen LogP contribution in [0.1, 0.15) is 23.8 Å². The number of fused-ring (bicyclic) bond motifs is 2. The lowest BCUT2D eigenvalue weighted by Crippen LogP contribution is -2.10. The van der Waals surface area contributed by atoms with Crippen molar-refractivity contribution in [3.05, 3.63) is 201 Å². The van der Waals surface area contributed by atoms with E-state index >= 15 is 0 Å². The average Bonchev–Trinajstić information content (AvgIpc) is 3.51. The van der Waals surface area contributed by atoms with Gasteiger partial charge in [-0.15, -0.1) is 13.2 Å². The monoisotopic (exact) mass is 647 g/mol. The summed E-state index contributed by atoms with van der Waals surface area (Å²) in [7, 11) is 0. The van der Waals surface area contributed by atoms with E-state index in [9.17, 15) is 0 Å². The topological polar surface area (TPSA) is 16.4 Å². The Morgan fingerprint density at radius 1 is 0.620 bits per heavy atom. The lowest BCUT2D eigenvalue weighted by atomic mass is 9.98. The van der Waals surface area contributed by atoms with Crippen LogP contribution < -0.4 is 4.90 Å². The predicted octanol–water partition coefficient (Wildman–Crippen LogP) is 14.3. The molecule has 0 saturated carbocycles. The Labute approximate surface area is 296 Å². The van der Waals surface area contributed by atoms with Crippen molar-refractivity contribution in [1.82, 2.24) is 0 Å². The summed E-state index contributed by atoms with van der Waals surface area (Å²) in [6, 6.07) is 47.9. The highest BCUT2D eigenvalue weighted by Gasteiger charge is 2.16. The van der Waals surface area contributed by atoms with Gasteiger partial charge in [0, 0.05) is 28.0 Å². The van der Waals surface area contributed by atoms with Crippen molar-refractivity contribution in [2.75, 3.05) is 4.90 Å². The van der Waals surface area contributed by atoms with E-state index in [1.165, 1.54) is 33.0 Å². The maximum atomic E-state index is 6.00. The molecule has 0 N–H and O–H groups in total. The van der Waals surface area contributed by atoms with Crippen LogP contribution in [0.4, 0.5) is 17.1 Å². The average molecular weight is 648 g/mol. The first-order valence-electron chi connectivity index (χ1n) is 16.8. The Morgan fingerprint density at radius 2 is 1.28 bits per heavy atom. The van der Waals surface area contributed by atoms with Crippen LogP contribution >= 0.6 is 0 Å². The van der Waals surface area contributed by atoms with Gasteiger partial charge in [-0.3, -0.25) is 0 Å². The smallest absolute Gasteiger partial charge is 0.135 e. The lowest BCUT2D eigenvalue weighted by Gasteiger charge is -2.26. The highest BCUT2D eigenvalue weighted by Crippen LogP contribution is 2.39. The fraction of sp³-hybridized carbons (Fsp3) is 0.0417. The van der Waals surface area contributed by atoms with Crippen LogP contribution in [-0.2, 0) is 0 Å². The molecule has 2 heteroatoms. The molecule has 0 bridgehead atoms. The minimum Gasteiger partial charge on any atom is -0.456 e. The van der Waals surface area contributed by atoms with Gasteiger partial charge in [0.2, 0.25) is 0 Å². The standard InChI is InChI=1S/C46H37NO.C2H4/c1-5-8-13-33(6-2)36-16-11-17-37(28-36)35-20-24-41(25-21-35)47(43-26-22-34-14-9-10-15-38(34)29-43)42-19-12-18-39(30-42)40-23-27-46-44(31-40)32(4)45(7-3)48-46;1-2/h5-31H,1,3H2,2,4H3;1-2H2/b13-8-,33-6+;. The van der Waals surface area contributed by atoms with E-state index in [0.29, 0.717) is 0 Å². The summed E-state index contributed by atoms with van der Waals surface area (Å²) in [5, 5.41) is 3.53. The third kappa shape index (κ3) is 6.78. The molecule has 0 radical (unpaired) electrons. The van der Waals surface area contributed by atoms with E-state index in [-0.39, 0.29) is 0 Å². The molecule has 0 aliphatic heterocycles. The predicted molar refractivity (Wildman–Crippen MR) is 218 cm³/mol. The molecule has 0 amide bonds. The second-order valence-corrected chi connectivity index (χ2v) is 11.9. The molecule has 0 fully saturated rings. The van der Waals surface area contributed by atoms with Crippen molar-refractivity contribution in [3.63, 3.8) is 0 Å². The van der Waals surface area contributed by atoms with Crippen molar-refractivity contribution in [2.45, 2.75) is 13.8 Å². The van der Waals surface area contributed by atoms with Crippen molar-refractivity contribution >= 4 is 50.5 Å². The van der Waals surface area contributed by atoms with Crippen LogP contribution in [-0.4, -0.2) is 0 Å². The normalized spacial score (nSPS) is 11.4. The summed E-state index contributed by atoms with van der Waals surface area (Å²) < 4.78 is 6.00. The van der Waals surface area contributed by atoms with Gasteiger partial charge < -0.3 is 9.32 Å². The molecule has 2 nitrogen and oxygen atoms in total. The van der Waals surface area contributed by atoms with Gasteiger partial charge in [-0.25, -0.2) is 0 Å². The van der Waals surface area contributed by atoms with Gasteiger partial charge in [0.05, 0.1) is 0 Å². The van der Waals surface area contributed by atoms with Crippen LogP contribution in [0.3, 0.4) is 0 Å². The minimum absolute atomic E-state index is 0.820. The number of aryl methyl sites for hydroxylation is 1. The largest absolute Gasteiger partial charge is 0.456 e. The molecule has 7 rings (SSSR count). The summed E-state index contributed by atoms with van der Waals surface area (Å²) in [6.07, 6.45) is 9.78. The quantitative estimate of drug-likeness (QED) is 0.114. The SMILES string of the molecule is C=C.C=C/C=C\C(=C/C)c1cccc(-c2ccc(N(c3cccc(-c4ccc5oc(C=C)c(C)c5c4)c3)c3ccc4ccccc4c3)cc2)c1. The van der Waals surface area contributed by atoms with E-state index in [4.69, 9.17) is 4.42 Å². The Kier molecular flexibility index (Phi) is 10.2. The third-order valence-electron chi connectivity index (χ3n) is 8.97. The van der Waals surface area contributed by atoms with E-state index in [2.05, 4.69) is 191 Å². The molecule has 0 spiro atoms. The van der Waals surface area contributed by atoms with Gasteiger partial charge >= 0.3 is 0 Å². The van der Waals surface area contributed by atoms with Crippen molar-refractivity contribution < 1.29 is 4.42 Å². The highest BCUT2D eigenvalue weighted by atomic mass is 16.3. The zero-order valence-electron chi connectivity index (χ0n) is 28.8. The fourth-order valence-electron chi connectivity index (χ4n) is 6.41. The lowest BCUT2D eigenvalue weighted by molar-refractivity contribution is 0.601. The second kappa shape index (κ2) is 15.2. The van der Waals surface area contributed by atoms with Crippen LogP contribution in [0.5, 0.6) is 0 Å². The molecule has 1 aromatic heterocycles. The molecule has 0 aliphatic rings. The molecule has 7 aromatic rings. The summed E-state index contributed by atoms with van der Waals surface area (Å²) in [4.78, 5) is 2.34. The molecule has 6 aromatic carbocycles. The third-order valence-corrected chi connectivity index (χ3v) is 8.97. The van der Waals surface area contributed by atoms with Gasteiger partial charge in [0.25, 0.3) is 0 Å². The number of benzene rings is 6. The second-order valence-electron chi connectivity index (χ2n) is 11.9. The van der Waals surface area contributed by atoms with E-state index in [1.807, 2.05) is 6.08 Å². The zero-order valence-corrected chi connectivity index (χ0v) is 28.8. The van der Waals surface area contributed by atoms with Gasteiger partial charge in [0.15, 0.2) is 0 Å². The summed E-state index contributed by atoms with van der Waals surface area (Å²) in [5.41, 5.74) is 12.2. The molecule has 1 heterocycles. The number of hydrogen-bond acceptors (Lipinski definition) is 2. The van der Waals surface area contributed by atoms with Crippen molar-refractivity contribution in [3.8, 4) is 22.3 Å². The number of furan rings is 1. The fourth-order valence-corrected chi connectivity index (χ4v) is 6.41. The Hall–Kier alpha value is -6.38. The zero-order chi connectivity index (χ0) is 35.0. The van der Waals surface area contributed by atoms with E-state index in [1.54, 1.807) is 12.2 Å². The molecular formula is C48H41NO.